The summed E-state index contributed by atoms with van der Waals surface area (Å²) in [6, 6.07) is 14.4. The number of nitro benzene ring substituents is 1. The number of carbonyl (C=O) groups is 1. The van der Waals surface area contributed by atoms with Gasteiger partial charge in [-0.3, -0.25) is 14.9 Å². The Bertz CT molecular complexity index is 1360. The highest BCUT2D eigenvalue weighted by molar-refractivity contribution is 14.1. The van der Waals surface area contributed by atoms with Crippen LogP contribution in [0.4, 0.5) is 5.69 Å². The van der Waals surface area contributed by atoms with Crippen molar-refractivity contribution in [2.75, 3.05) is 7.11 Å². The summed E-state index contributed by atoms with van der Waals surface area (Å²) in [5.74, 6) is -0.376. The van der Waals surface area contributed by atoms with Crippen molar-refractivity contribution in [1.29, 1.82) is 0 Å². The van der Waals surface area contributed by atoms with Crippen molar-refractivity contribution in [2.24, 2.45) is 5.10 Å². The van der Waals surface area contributed by atoms with Crippen LogP contribution in [0.15, 0.2) is 70.7 Å². The minimum atomic E-state index is -4.08. The highest BCUT2D eigenvalue weighted by atomic mass is 127. The van der Waals surface area contributed by atoms with Gasteiger partial charge in [0.1, 0.15) is 4.90 Å². The van der Waals surface area contributed by atoms with Gasteiger partial charge in [0.05, 0.1) is 21.8 Å². The average Bonchev–Trinajstić information content (AvgIpc) is 2.80. The van der Waals surface area contributed by atoms with E-state index in [0.717, 1.165) is 5.56 Å². The van der Waals surface area contributed by atoms with Gasteiger partial charge in [-0.15, -0.1) is 0 Å². The molecule has 0 atom stereocenters. The SMILES string of the molecule is COc1cc(/C=N\NC(=O)c2ccc([N+](=O)[O-])cc2)cc(I)c1OS(=O)(=O)c1ccc(C)cc1. The molecule has 0 fully saturated rings. The monoisotopic (exact) mass is 595 g/mol. The number of ether oxygens (including phenoxy) is 1. The van der Waals surface area contributed by atoms with Crippen molar-refractivity contribution in [1.82, 2.24) is 5.43 Å². The molecule has 3 rings (SSSR count). The van der Waals surface area contributed by atoms with E-state index in [1.807, 2.05) is 29.5 Å². The molecular weight excluding hydrogens is 577 g/mol. The van der Waals surface area contributed by atoms with Crippen LogP contribution in [0, 0.1) is 20.6 Å². The van der Waals surface area contributed by atoms with Gasteiger partial charge in [-0.2, -0.15) is 13.5 Å². The van der Waals surface area contributed by atoms with E-state index in [9.17, 15) is 23.3 Å². The van der Waals surface area contributed by atoms with Crippen LogP contribution in [0.2, 0.25) is 0 Å². The Labute approximate surface area is 209 Å². The first kappa shape index (κ1) is 25.1. The third kappa shape index (κ3) is 6.08. The van der Waals surface area contributed by atoms with E-state index >= 15 is 0 Å². The Morgan fingerprint density at radius 3 is 2.35 bits per heavy atom. The van der Waals surface area contributed by atoms with Gasteiger partial charge >= 0.3 is 10.1 Å². The molecule has 3 aromatic carbocycles. The second kappa shape index (κ2) is 10.6. The van der Waals surface area contributed by atoms with Gasteiger partial charge in [0.25, 0.3) is 11.6 Å². The van der Waals surface area contributed by atoms with Crippen molar-refractivity contribution in [2.45, 2.75) is 11.8 Å². The molecule has 0 aromatic heterocycles. The fourth-order valence-electron chi connectivity index (χ4n) is 2.72. The van der Waals surface area contributed by atoms with Crippen molar-refractivity contribution in [3.8, 4) is 11.5 Å². The Kier molecular flexibility index (Phi) is 7.83. The summed E-state index contributed by atoms with van der Waals surface area (Å²) in [5.41, 5.74) is 3.80. The van der Waals surface area contributed by atoms with E-state index in [1.165, 1.54) is 55.8 Å². The Balaban J connectivity index is 1.76. The van der Waals surface area contributed by atoms with Crippen LogP contribution >= 0.6 is 22.6 Å². The number of hydrogen-bond acceptors (Lipinski definition) is 8. The number of aryl methyl sites for hydroxylation is 1. The molecular formula is C22H18IN3O7S. The second-order valence-corrected chi connectivity index (χ2v) is 9.60. The number of carbonyl (C=O) groups excluding carboxylic acids is 1. The third-order valence-electron chi connectivity index (χ3n) is 4.47. The summed E-state index contributed by atoms with van der Waals surface area (Å²) in [5, 5.41) is 14.6. The number of hydrazone groups is 1. The van der Waals surface area contributed by atoms with Gasteiger partial charge in [-0.05, 0) is 71.5 Å². The third-order valence-corrected chi connectivity index (χ3v) is 6.51. The topological polar surface area (TPSA) is 137 Å². The van der Waals surface area contributed by atoms with Crippen LogP contribution in [-0.4, -0.2) is 32.6 Å². The number of nitro groups is 1. The molecule has 0 unspecified atom stereocenters. The van der Waals surface area contributed by atoms with E-state index in [0.29, 0.717) is 9.13 Å². The van der Waals surface area contributed by atoms with E-state index in [-0.39, 0.29) is 27.6 Å². The summed E-state index contributed by atoms with van der Waals surface area (Å²) < 4.78 is 36.4. The highest BCUT2D eigenvalue weighted by Crippen LogP contribution is 2.35. The van der Waals surface area contributed by atoms with Crippen LogP contribution in [0.5, 0.6) is 11.5 Å². The number of benzene rings is 3. The molecule has 3 aromatic rings. The maximum Gasteiger partial charge on any atom is 0.339 e. The molecule has 176 valence electrons. The standard InChI is InChI=1S/C22H18IN3O7S/c1-14-3-9-18(10-4-14)34(30,31)33-21-19(23)11-15(12-20(21)32-2)13-24-25-22(27)16-5-7-17(8-6-16)26(28)29/h3-13H,1-2H3,(H,25,27)/b24-13-. The summed E-state index contributed by atoms with van der Waals surface area (Å²) in [4.78, 5) is 22.3. The minimum absolute atomic E-state index is 0.00977. The summed E-state index contributed by atoms with van der Waals surface area (Å²) in [7, 11) is -2.71. The van der Waals surface area contributed by atoms with Gasteiger partial charge in [0.2, 0.25) is 0 Å². The van der Waals surface area contributed by atoms with Crippen LogP contribution in [0.3, 0.4) is 0 Å². The number of amides is 1. The lowest BCUT2D eigenvalue weighted by atomic mass is 10.2. The first-order chi connectivity index (χ1) is 16.1. The molecule has 0 heterocycles. The zero-order chi connectivity index (χ0) is 24.9. The first-order valence-corrected chi connectivity index (χ1v) is 12.1. The zero-order valence-electron chi connectivity index (χ0n) is 17.9. The molecule has 0 saturated heterocycles. The fraction of sp³-hybridized carbons (Fsp3) is 0.0909. The van der Waals surface area contributed by atoms with Crippen molar-refractivity contribution < 1.29 is 27.1 Å². The van der Waals surface area contributed by atoms with Gasteiger partial charge in [-0.25, -0.2) is 5.43 Å². The number of halogens is 1. The number of rotatable bonds is 8. The number of methoxy groups -OCH3 is 1. The molecule has 34 heavy (non-hydrogen) atoms. The molecule has 10 nitrogen and oxygen atoms in total. The lowest BCUT2D eigenvalue weighted by Gasteiger charge is -2.13. The van der Waals surface area contributed by atoms with Crippen LogP contribution in [-0.2, 0) is 10.1 Å². The molecule has 12 heteroatoms. The summed E-state index contributed by atoms with van der Waals surface area (Å²) in [6.45, 7) is 1.85. The van der Waals surface area contributed by atoms with Crippen molar-refractivity contribution in [3.05, 3.63) is 91.0 Å². The van der Waals surface area contributed by atoms with E-state index < -0.39 is 20.9 Å². The molecule has 0 bridgehead atoms. The summed E-state index contributed by atoms with van der Waals surface area (Å²) in [6.07, 6.45) is 1.34. The van der Waals surface area contributed by atoms with Crippen molar-refractivity contribution in [3.63, 3.8) is 0 Å². The van der Waals surface area contributed by atoms with Crippen LogP contribution in [0.1, 0.15) is 21.5 Å². The smallest absolute Gasteiger partial charge is 0.339 e. The number of hydrogen-bond donors (Lipinski definition) is 1. The Morgan fingerprint density at radius 1 is 1.12 bits per heavy atom. The Hall–Kier alpha value is -3.52. The molecule has 0 radical (unpaired) electrons. The maximum atomic E-state index is 12.7. The predicted molar refractivity (Wildman–Crippen MR) is 133 cm³/mol. The van der Waals surface area contributed by atoms with E-state index in [4.69, 9.17) is 8.92 Å². The molecule has 0 aliphatic rings. The highest BCUT2D eigenvalue weighted by Gasteiger charge is 2.22. The number of nitrogens with one attached hydrogen (secondary N) is 1. The predicted octanol–water partition coefficient (Wildman–Crippen LogP) is 4.05. The number of nitrogens with zero attached hydrogens (tertiary/aromatic N) is 2. The molecule has 0 aliphatic heterocycles. The van der Waals surface area contributed by atoms with Crippen LogP contribution in [0.25, 0.3) is 0 Å². The van der Waals surface area contributed by atoms with Crippen molar-refractivity contribution >= 4 is 50.5 Å². The zero-order valence-corrected chi connectivity index (χ0v) is 20.9. The minimum Gasteiger partial charge on any atom is -0.493 e. The molecule has 1 N–H and O–H groups in total. The molecule has 0 spiro atoms. The number of non-ortho nitro benzene ring substituents is 1. The molecule has 0 saturated carbocycles. The normalized spacial score (nSPS) is 11.3. The van der Waals surface area contributed by atoms with Gasteiger partial charge in [0.15, 0.2) is 11.5 Å². The van der Waals surface area contributed by atoms with Gasteiger partial charge in [-0.1, -0.05) is 17.7 Å². The lowest BCUT2D eigenvalue weighted by Crippen LogP contribution is -2.17. The molecule has 1 amide bonds. The van der Waals surface area contributed by atoms with Gasteiger partial charge in [0, 0.05) is 17.7 Å². The second-order valence-electron chi connectivity index (χ2n) is 6.89. The average molecular weight is 595 g/mol. The van der Waals surface area contributed by atoms with E-state index in [2.05, 4.69) is 10.5 Å². The first-order valence-electron chi connectivity index (χ1n) is 9.57. The summed E-state index contributed by atoms with van der Waals surface area (Å²) >= 11 is 1.91. The quantitative estimate of drug-likeness (QED) is 0.136. The maximum absolute atomic E-state index is 12.7. The molecule has 0 aliphatic carbocycles. The van der Waals surface area contributed by atoms with Crippen LogP contribution < -0.4 is 14.3 Å². The van der Waals surface area contributed by atoms with E-state index in [1.54, 1.807) is 18.2 Å². The Morgan fingerprint density at radius 2 is 1.76 bits per heavy atom. The lowest BCUT2D eigenvalue weighted by molar-refractivity contribution is -0.384. The fourth-order valence-corrected chi connectivity index (χ4v) is 4.56. The largest absolute Gasteiger partial charge is 0.493 e. The van der Waals surface area contributed by atoms with Gasteiger partial charge < -0.3 is 8.92 Å².